The molecular formula is C52H28N4O. The highest BCUT2D eigenvalue weighted by Gasteiger charge is 2.29. The molecule has 0 bridgehead atoms. The summed E-state index contributed by atoms with van der Waals surface area (Å²) < 4.78 is 12.0. The Hall–Kier alpha value is -7.76. The summed E-state index contributed by atoms with van der Waals surface area (Å²) in [6, 6.07) is 60.8. The van der Waals surface area contributed by atoms with E-state index in [2.05, 4.69) is 179 Å². The maximum atomic E-state index is 7.07. The van der Waals surface area contributed by atoms with Gasteiger partial charge in [-0.15, -0.1) is 0 Å². The lowest BCUT2D eigenvalue weighted by molar-refractivity contribution is 0.671. The van der Waals surface area contributed by atoms with Crippen LogP contribution in [0.4, 0.5) is 0 Å². The summed E-state index contributed by atoms with van der Waals surface area (Å²) >= 11 is 0. The average Bonchev–Trinajstić information content (AvgIpc) is 3.92. The first-order chi connectivity index (χ1) is 28.3. The van der Waals surface area contributed by atoms with Crippen LogP contribution in [-0.4, -0.2) is 18.9 Å². The molecule has 0 saturated carbocycles. The van der Waals surface area contributed by atoms with E-state index in [0.717, 1.165) is 93.5 Å². The summed E-state index contributed by atoms with van der Waals surface area (Å²) in [4.78, 5) is 11.3. The Kier molecular flexibility index (Phi) is 5.45. The van der Waals surface area contributed by atoms with Crippen LogP contribution in [-0.2, 0) is 0 Å². The van der Waals surface area contributed by atoms with E-state index in [1.807, 2.05) is 0 Å². The zero-order valence-electron chi connectivity index (χ0n) is 30.4. The highest BCUT2D eigenvalue weighted by Crippen LogP contribution is 2.50. The Labute approximate surface area is 323 Å². The van der Waals surface area contributed by atoms with Gasteiger partial charge in [-0.05, 0) is 46.5 Å². The minimum atomic E-state index is 0.766. The smallest absolute Gasteiger partial charge is 0.165 e. The van der Waals surface area contributed by atoms with Crippen LogP contribution >= 0.6 is 0 Å². The number of nitrogens with zero attached hydrogens (tertiary/aromatic N) is 4. The van der Waals surface area contributed by atoms with Crippen molar-refractivity contribution in [2.45, 2.75) is 0 Å². The van der Waals surface area contributed by atoms with Gasteiger partial charge in [-0.3, -0.25) is 4.57 Å². The van der Waals surface area contributed by atoms with Crippen LogP contribution in [0.25, 0.3) is 131 Å². The molecule has 0 radical (unpaired) electrons. The van der Waals surface area contributed by atoms with Gasteiger partial charge in [0, 0.05) is 54.0 Å². The molecule has 0 aliphatic carbocycles. The molecular weight excluding hydrogens is 697 g/mol. The predicted molar refractivity (Wildman–Crippen MR) is 236 cm³/mol. The summed E-state index contributed by atoms with van der Waals surface area (Å²) in [5.74, 6) is 0.766. The quantitative estimate of drug-likeness (QED) is 0.167. The van der Waals surface area contributed by atoms with E-state index in [9.17, 15) is 0 Å². The monoisotopic (exact) mass is 724 g/mol. The van der Waals surface area contributed by atoms with Crippen molar-refractivity contribution in [3.05, 3.63) is 170 Å². The summed E-state index contributed by atoms with van der Waals surface area (Å²) in [5, 5.41) is 13.8. The zero-order chi connectivity index (χ0) is 36.9. The molecule has 0 aliphatic heterocycles. The van der Waals surface area contributed by atoms with Crippen molar-refractivity contribution in [3.8, 4) is 17.1 Å². The Morgan fingerprint density at radius 2 is 1.12 bits per heavy atom. The number of benzene rings is 9. The first-order valence-electron chi connectivity index (χ1n) is 19.4. The fraction of sp³-hybridized carbons (Fsp3) is 0. The summed E-state index contributed by atoms with van der Waals surface area (Å²) in [6.45, 7) is 0. The molecule has 14 aromatic rings. The van der Waals surface area contributed by atoms with E-state index in [-0.39, 0.29) is 0 Å². The lowest BCUT2D eigenvalue weighted by atomic mass is 9.98. The Morgan fingerprint density at radius 3 is 2.00 bits per heavy atom. The molecule has 0 saturated heterocycles. The third-order valence-electron chi connectivity index (χ3n) is 12.4. The van der Waals surface area contributed by atoms with E-state index < -0.39 is 0 Å². The van der Waals surface area contributed by atoms with Gasteiger partial charge in [-0.2, -0.15) is 0 Å². The number of rotatable bonds is 2. The molecule has 5 heterocycles. The minimum absolute atomic E-state index is 0.766. The SMILES string of the molecule is c1ccc(-c2nc3ccc4ccccc4c3nc2-n2c3c4ccccc4cc4c5cccc6c7ccccc7n(c7cc8c9ccccc9oc8c2c7c43)c56)cc1. The van der Waals surface area contributed by atoms with Gasteiger partial charge in [0.2, 0.25) is 0 Å². The van der Waals surface area contributed by atoms with Gasteiger partial charge in [-0.1, -0.05) is 140 Å². The number of furan rings is 1. The van der Waals surface area contributed by atoms with Gasteiger partial charge in [0.05, 0.1) is 33.1 Å². The lowest BCUT2D eigenvalue weighted by Crippen LogP contribution is -2.04. The minimum Gasteiger partial charge on any atom is -0.454 e. The van der Waals surface area contributed by atoms with E-state index in [4.69, 9.17) is 14.4 Å². The number of para-hydroxylation sites is 3. The van der Waals surface area contributed by atoms with Crippen LogP contribution < -0.4 is 0 Å². The summed E-state index contributed by atoms with van der Waals surface area (Å²) in [6.07, 6.45) is 0. The van der Waals surface area contributed by atoms with Crippen LogP contribution in [0.5, 0.6) is 0 Å². The van der Waals surface area contributed by atoms with Crippen molar-refractivity contribution in [2.24, 2.45) is 0 Å². The molecule has 5 aromatic heterocycles. The van der Waals surface area contributed by atoms with Crippen LogP contribution in [0.3, 0.4) is 0 Å². The fourth-order valence-electron chi connectivity index (χ4n) is 10.0. The number of fused-ring (bicyclic) bond motifs is 14. The maximum absolute atomic E-state index is 7.07. The molecule has 0 amide bonds. The Bertz CT molecular complexity index is 4040. The van der Waals surface area contributed by atoms with Crippen LogP contribution in [0, 0.1) is 0 Å². The molecule has 0 fully saturated rings. The van der Waals surface area contributed by atoms with Crippen molar-refractivity contribution >= 4 is 114 Å². The Balaban J connectivity index is 1.36. The summed E-state index contributed by atoms with van der Waals surface area (Å²) in [7, 11) is 0. The van der Waals surface area contributed by atoms with E-state index in [1.54, 1.807) is 0 Å². The molecule has 0 atom stereocenters. The largest absolute Gasteiger partial charge is 0.454 e. The molecule has 57 heavy (non-hydrogen) atoms. The standard InChI is InChI=1S/C52H28N4O/c1-2-14-30(15-3-1)46-52(54-47-32-17-6-4-13-29(32)25-26-40(47)53-46)56-49-33-18-7-5-16-31(33)27-38-37-22-12-21-36-34-19-8-10-23-41(34)55(48(36)37)42-28-39-35-20-9-11-24-43(35)57-51(39)50(56)45(42)44(38)49/h1-28H. The van der Waals surface area contributed by atoms with Gasteiger partial charge < -0.3 is 8.82 Å². The number of hydrogen-bond donors (Lipinski definition) is 0. The molecule has 262 valence electrons. The number of hydrogen-bond acceptors (Lipinski definition) is 3. The lowest BCUT2D eigenvalue weighted by Gasteiger charge is -2.16. The second-order valence-electron chi connectivity index (χ2n) is 15.3. The second kappa shape index (κ2) is 10.5. The van der Waals surface area contributed by atoms with Crippen molar-refractivity contribution in [2.75, 3.05) is 0 Å². The first-order valence-corrected chi connectivity index (χ1v) is 19.4. The molecule has 5 heteroatoms. The van der Waals surface area contributed by atoms with Gasteiger partial charge in [-0.25, -0.2) is 9.97 Å². The molecule has 14 rings (SSSR count). The Morgan fingerprint density at radius 1 is 0.421 bits per heavy atom. The van der Waals surface area contributed by atoms with Crippen molar-refractivity contribution in [1.29, 1.82) is 0 Å². The van der Waals surface area contributed by atoms with E-state index in [1.165, 1.54) is 38.0 Å². The molecule has 5 nitrogen and oxygen atoms in total. The zero-order valence-corrected chi connectivity index (χ0v) is 30.4. The topological polar surface area (TPSA) is 48.3 Å². The van der Waals surface area contributed by atoms with Gasteiger partial charge >= 0.3 is 0 Å². The highest BCUT2D eigenvalue weighted by atomic mass is 16.3. The van der Waals surface area contributed by atoms with Gasteiger partial charge in [0.25, 0.3) is 0 Å². The van der Waals surface area contributed by atoms with Crippen molar-refractivity contribution in [3.63, 3.8) is 0 Å². The third kappa shape index (κ3) is 3.69. The molecule has 0 aliphatic rings. The second-order valence-corrected chi connectivity index (χ2v) is 15.3. The van der Waals surface area contributed by atoms with Crippen molar-refractivity contribution in [1.82, 2.24) is 18.9 Å². The molecule has 9 aromatic carbocycles. The van der Waals surface area contributed by atoms with Gasteiger partial charge in [0.15, 0.2) is 11.4 Å². The highest BCUT2D eigenvalue weighted by molar-refractivity contribution is 6.38. The number of aromatic nitrogens is 4. The maximum Gasteiger partial charge on any atom is 0.165 e. The normalized spacial score (nSPS) is 12.6. The first kappa shape index (κ1) is 29.6. The third-order valence-corrected chi connectivity index (χ3v) is 12.4. The summed E-state index contributed by atoms with van der Waals surface area (Å²) in [5.41, 5.74) is 10.8. The van der Waals surface area contributed by atoms with E-state index >= 15 is 0 Å². The van der Waals surface area contributed by atoms with Crippen LogP contribution in [0.2, 0.25) is 0 Å². The van der Waals surface area contributed by atoms with Crippen LogP contribution in [0.15, 0.2) is 174 Å². The van der Waals surface area contributed by atoms with Gasteiger partial charge in [0.1, 0.15) is 16.8 Å². The van der Waals surface area contributed by atoms with Crippen molar-refractivity contribution < 1.29 is 4.42 Å². The van der Waals surface area contributed by atoms with E-state index in [0.29, 0.717) is 0 Å². The predicted octanol–water partition coefficient (Wildman–Crippen LogP) is 13.7. The average molecular weight is 725 g/mol. The van der Waals surface area contributed by atoms with Crippen LogP contribution in [0.1, 0.15) is 0 Å². The molecule has 0 spiro atoms. The molecule has 0 N–H and O–H groups in total. The molecule has 0 unspecified atom stereocenters. The fourth-order valence-corrected chi connectivity index (χ4v) is 10.0.